The van der Waals surface area contributed by atoms with Gasteiger partial charge >= 0.3 is 0 Å². The number of alkyl halides is 2. The van der Waals surface area contributed by atoms with Crippen LogP contribution in [0, 0.1) is 5.92 Å². The Kier molecular flexibility index (Phi) is 0.500. The van der Waals surface area contributed by atoms with Gasteiger partial charge in [-0.25, -0.2) is 8.78 Å². The molecule has 0 aliphatic heterocycles. The summed E-state index contributed by atoms with van der Waals surface area (Å²) >= 11 is 0. The lowest BCUT2D eigenvalue weighted by Gasteiger charge is -1.82. The van der Waals surface area contributed by atoms with Crippen molar-refractivity contribution in [3.05, 3.63) is 0 Å². The van der Waals surface area contributed by atoms with Gasteiger partial charge in [-0.1, -0.05) is 6.92 Å². The zero-order chi connectivity index (χ0) is 4.78. The van der Waals surface area contributed by atoms with Crippen molar-refractivity contribution < 1.29 is 8.78 Å². The standard InChI is InChI=1S/C4H6F2/c1-3-2-4(3,5)6/h3H,2H2,1H3/t3-/m0/s1. The Bertz CT molecular complexity index is 67.9. The lowest BCUT2D eigenvalue weighted by Crippen LogP contribution is -1.87. The van der Waals surface area contributed by atoms with Crippen LogP contribution in [0.15, 0.2) is 0 Å². The highest BCUT2D eigenvalue weighted by Crippen LogP contribution is 2.47. The fourth-order valence-corrected chi connectivity index (χ4v) is 0.349. The van der Waals surface area contributed by atoms with Gasteiger partial charge in [-0.2, -0.15) is 0 Å². The lowest BCUT2D eigenvalue weighted by atomic mass is 10.5. The molecule has 0 aromatic carbocycles. The highest BCUT2D eigenvalue weighted by Gasteiger charge is 2.53. The molecule has 1 fully saturated rings. The molecule has 1 atom stereocenters. The maximum absolute atomic E-state index is 11.5. The molecule has 0 unspecified atom stereocenters. The molecule has 0 N–H and O–H groups in total. The molecule has 0 bridgehead atoms. The second-order valence-corrected chi connectivity index (χ2v) is 1.87. The molecule has 0 amide bonds. The molecule has 0 saturated heterocycles. The van der Waals surface area contributed by atoms with Crippen LogP contribution in [-0.4, -0.2) is 5.92 Å². The van der Waals surface area contributed by atoms with E-state index in [2.05, 4.69) is 0 Å². The summed E-state index contributed by atoms with van der Waals surface area (Å²) in [5.41, 5.74) is 0. The average molecular weight is 92.1 g/mol. The Labute approximate surface area is 35.2 Å². The summed E-state index contributed by atoms with van der Waals surface area (Å²) in [5.74, 6) is -2.63. The quantitative estimate of drug-likeness (QED) is 0.426. The third kappa shape index (κ3) is 0.402. The lowest BCUT2D eigenvalue weighted by molar-refractivity contribution is 0.102. The summed E-state index contributed by atoms with van der Waals surface area (Å²) in [7, 11) is 0. The van der Waals surface area contributed by atoms with Crippen molar-refractivity contribution in [3.8, 4) is 0 Å². The number of hydrogen-bond donors (Lipinski definition) is 0. The van der Waals surface area contributed by atoms with Crippen LogP contribution in [0.4, 0.5) is 8.78 Å². The minimum atomic E-state index is -2.29. The molecule has 0 heterocycles. The first kappa shape index (κ1) is 4.03. The van der Waals surface area contributed by atoms with Gasteiger partial charge in [-0.3, -0.25) is 0 Å². The molecule has 0 aromatic rings. The molecule has 36 valence electrons. The SMILES string of the molecule is C[C@H]1CC1(F)F. The van der Waals surface area contributed by atoms with E-state index in [0.717, 1.165) is 0 Å². The zero-order valence-electron chi connectivity index (χ0n) is 3.54. The Hall–Kier alpha value is -0.140. The molecule has 1 rings (SSSR count). The van der Waals surface area contributed by atoms with E-state index in [1.54, 1.807) is 6.92 Å². The molecule has 6 heavy (non-hydrogen) atoms. The van der Waals surface area contributed by atoms with E-state index < -0.39 is 5.92 Å². The van der Waals surface area contributed by atoms with Crippen LogP contribution >= 0.6 is 0 Å². The van der Waals surface area contributed by atoms with Gasteiger partial charge in [0.05, 0.1) is 0 Å². The topological polar surface area (TPSA) is 0 Å². The van der Waals surface area contributed by atoms with Crippen molar-refractivity contribution in [3.63, 3.8) is 0 Å². The summed E-state index contributed by atoms with van der Waals surface area (Å²) in [4.78, 5) is 0. The van der Waals surface area contributed by atoms with Crippen molar-refractivity contribution in [2.45, 2.75) is 19.3 Å². The summed E-state index contributed by atoms with van der Waals surface area (Å²) in [6, 6.07) is 0. The fraction of sp³-hybridized carbons (Fsp3) is 1.00. The van der Waals surface area contributed by atoms with E-state index in [0.29, 0.717) is 0 Å². The van der Waals surface area contributed by atoms with Gasteiger partial charge in [-0.05, 0) is 0 Å². The second kappa shape index (κ2) is 0.745. The average Bonchev–Trinajstić information content (AvgIpc) is 1.73. The first-order valence-electron chi connectivity index (χ1n) is 2.01. The molecular weight excluding hydrogens is 86.0 g/mol. The molecule has 2 heteroatoms. The summed E-state index contributed by atoms with van der Waals surface area (Å²) in [6.45, 7) is 1.56. The van der Waals surface area contributed by atoms with Crippen LogP contribution in [0.25, 0.3) is 0 Å². The van der Waals surface area contributed by atoms with E-state index in [4.69, 9.17) is 0 Å². The fourth-order valence-electron chi connectivity index (χ4n) is 0.349. The van der Waals surface area contributed by atoms with E-state index in [9.17, 15) is 8.78 Å². The van der Waals surface area contributed by atoms with Crippen LogP contribution in [0.1, 0.15) is 13.3 Å². The molecule has 1 aliphatic rings. The highest BCUT2D eigenvalue weighted by molar-refractivity contribution is 4.90. The molecule has 0 aromatic heterocycles. The Morgan fingerprint density at radius 3 is 1.83 bits per heavy atom. The maximum atomic E-state index is 11.5. The monoisotopic (exact) mass is 92.0 g/mol. The molecule has 0 radical (unpaired) electrons. The second-order valence-electron chi connectivity index (χ2n) is 1.87. The molecule has 1 saturated carbocycles. The van der Waals surface area contributed by atoms with Crippen LogP contribution < -0.4 is 0 Å². The van der Waals surface area contributed by atoms with E-state index in [-0.39, 0.29) is 12.3 Å². The minimum Gasteiger partial charge on any atom is -0.207 e. The summed E-state index contributed by atoms with van der Waals surface area (Å²) in [6.07, 6.45) is 0.104. The van der Waals surface area contributed by atoms with Gasteiger partial charge in [0.2, 0.25) is 0 Å². The molecule has 1 aliphatic carbocycles. The van der Waals surface area contributed by atoms with Crippen molar-refractivity contribution in [2.75, 3.05) is 0 Å². The van der Waals surface area contributed by atoms with E-state index >= 15 is 0 Å². The Morgan fingerprint density at radius 2 is 1.83 bits per heavy atom. The van der Waals surface area contributed by atoms with Gasteiger partial charge in [0.25, 0.3) is 5.92 Å². The van der Waals surface area contributed by atoms with Gasteiger partial charge in [0, 0.05) is 12.3 Å². The first-order valence-corrected chi connectivity index (χ1v) is 2.01. The van der Waals surface area contributed by atoms with Crippen molar-refractivity contribution >= 4 is 0 Å². The van der Waals surface area contributed by atoms with Crippen molar-refractivity contribution in [1.29, 1.82) is 0 Å². The minimum absolute atomic E-state index is 0.104. The first-order chi connectivity index (χ1) is 2.63. The predicted octanol–water partition coefficient (Wildman–Crippen LogP) is 1.66. The van der Waals surface area contributed by atoms with Crippen molar-refractivity contribution in [1.82, 2.24) is 0 Å². The largest absolute Gasteiger partial charge is 0.251 e. The summed E-state index contributed by atoms with van der Waals surface area (Å²) in [5, 5.41) is 0. The van der Waals surface area contributed by atoms with Crippen LogP contribution in [-0.2, 0) is 0 Å². The third-order valence-corrected chi connectivity index (χ3v) is 1.14. The highest BCUT2D eigenvalue weighted by atomic mass is 19.3. The molecule has 0 nitrogen and oxygen atoms in total. The number of hydrogen-bond acceptors (Lipinski definition) is 0. The van der Waals surface area contributed by atoms with Crippen LogP contribution in [0.2, 0.25) is 0 Å². The van der Waals surface area contributed by atoms with Gasteiger partial charge < -0.3 is 0 Å². The van der Waals surface area contributed by atoms with E-state index in [1.165, 1.54) is 0 Å². The zero-order valence-corrected chi connectivity index (χ0v) is 3.54. The van der Waals surface area contributed by atoms with Crippen molar-refractivity contribution in [2.24, 2.45) is 5.92 Å². The normalized spacial score (nSPS) is 39.5. The van der Waals surface area contributed by atoms with E-state index in [1.807, 2.05) is 0 Å². The summed E-state index contributed by atoms with van der Waals surface area (Å²) < 4.78 is 23.1. The number of halogens is 2. The maximum Gasteiger partial charge on any atom is 0.251 e. The van der Waals surface area contributed by atoms with Crippen LogP contribution in [0.5, 0.6) is 0 Å². The third-order valence-electron chi connectivity index (χ3n) is 1.14. The van der Waals surface area contributed by atoms with Gasteiger partial charge in [0.1, 0.15) is 0 Å². The Balaban J connectivity index is 2.41. The molecule has 0 spiro atoms. The molecular formula is C4H6F2. The Morgan fingerprint density at radius 1 is 1.67 bits per heavy atom. The number of rotatable bonds is 0. The predicted molar refractivity (Wildman–Crippen MR) is 18.7 cm³/mol. The smallest absolute Gasteiger partial charge is 0.207 e. The van der Waals surface area contributed by atoms with Gasteiger partial charge in [-0.15, -0.1) is 0 Å². The van der Waals surface area contributed by atoms with Gasteiger partial charge in [0.15, 0.2) is 0 Å². The van der Waals surface area contributed by atoms with Crippen LogP contribution in [0.3, 0.4) is 0 Å².